The molecule has 2 aromatic carbocycles. The van der Waals surface area contributed by atoms with Gasteiger partial charge in [0, 0.05) is 17.9 Å². The lowest BCUT2D eigenvalue weighted by atomic mass is 10.0. The summed E-state index contributed by atoms with van der Waals surface area (Å²) in [6, 6.07) is 14.7. The molecule has 0 bridgehead atoms. The van der Waals surface area contributed by atoms with E-state index in [1.165, 1.54) is 0 Å². The lowest BCUT2D eigenvalue weighted by molar-refractivity contribution is -0.126. The van der Waals surface area contributed by atoms with Gasteiger partial charge in [0.15, 0.2) is 0 Å². The molecule has 0 spiro atoms. The fourth-order valence-electron chi connectivity index (χ4n) is 2.28. The van der Waals surface area contributed by atoms with Crippen LogP contribution in [0.2, 0.25) is 5.02 Å². The predicted octanol–water partition coefficient (Wildman–Crippen LogP) is 4.05. The van der Waals surface area contributed by atoms with Crippen molar-refractivity contribution in [2.75, 3.05) is 7.11 Å². The van der Waals surface area contributed by atoms with Gasteiger partial charge in [-0.3, -0.25) is 9.59 Å². The molecule has 3 nitrogen and oxygen atoms in total. The van der Waals surface area contributed by atoms with Crippen LogP contribution in [-0.2, 0) is 22.4 Å². The van der Waals surface area contributed by atoms with Crippen molar-refractivity contribution in [3.8, 4) is 5.75 Å². The normalized spacial score (nSPS) is 10.3. The summed E-state index contributed by atoms with van der Waals surface area (Å²) in [4.78, 5) is 23.9. The van der Waals surface area contributed by atoms with Crippen LogP contribution in [0, 0.1) is 0 Å². The molecular formula is C19H19ClO3. The van der Waals surface area contributed by atoms with Gasteiger partial charge in [0.25, 0.3) is 0 Å². The van der Waals surface area contributed by atoms with E-state index in [9.17, 15) is 9.59 Å². The first-order chi connectivity index (χ1) is 11.1. The van der Waals surface area contributed by atoms with E-state index in [4.69, 9.17) is 16.3 Å². The van der Waals surface area contributed by atoms with Gasteiger partial charge in [-0.25, -0.2) is 0 Å². The van der Waals surface area contributed by atoms with Crippen LogP contribution in [0.3, 0.4) is 0 Å². The number of rotatable bonds is 8. The van der Waals surface area contributed by atoms with E-state index >= 15 is 0 Å². The maximum atomic E-state index is 11.9. The Morgan fingerprint density at radius 1 is 0.913 bits per heavy atom. The molecule has 2 rings (SSSR count). The second kappa shape index (κ2) is 8.49. The molecule has 23 heavy (non-hydrogen) atoms. The average Bonchev–Trinajstić information content (AvgIpc) is 2.55. The van der Waals surface area contributed by atoms with Crippen molar-refractivity contribution in [2.45, 2.75) is 25.7 Å². The van der Waals surface area contributed by atoms with Crippen molar-refractivity contribution < 1.29 is 14.3 Å². The van der Waals surface area contributed by atoms with E-state index < -0.39 is 0 Å². The molecule has 0 radical (unpaired) electrons. The number of benzene rings is 2. The number of methoxy groups -OCH3 is 1. The Morgan fingerprint density at radius 3 is 2.13 bits per heavy atom. The molecule has 0 heterocycles. The highest BCUT2D eigenvalue weighted by Gasteiger charge is 2.10. The van der Waals surface area contributed by atoms with Crippen LogP contribution in [-0.4, -0.2) is 18.7 Å². The molecular weight excluding hydrogens is 312 g/mol. The summed E-state index contributed by atoms with van der Waals surface area (Å²) < 4.78 is 5.09. The number of ketones is 2. The van der Waals surface area contributed by atoms with E-state index in [-0.39, 0.29) is 24.4 Å². The second-order valence-electron chi connectivity index (χ2n) is 5.41. The molecule has 0 amide bonds. The zero-order valence-electron chi connectivity index (χ0n) is 13.0. The summed E-state index contributed by atoms with van der Waals surface area (Å²) in [5, 5.41) is 0.636. The fraction of sp³-hybridized carbons (Fsp3) is 0.263. The molecule has 0 saturated carbocycles. The minimum Gasteiger partial charge on any atom is -0.497 e. The number of carbonyl (C=O) groups excluding carboxylic acids is 2. The van der Waals surface area contributed by atoms with Crippen LogP contribution in [0.25, 0.3) is 0 Å². The zero-order valence-corrected chi connectivity index (χ0v) is 13.8. The number of hydrogen-bond donors (Lipinski definition) is 0. The molecule has 0 saturated heterocycles. The van der Waals surface area contributed by atoms with Crippen molar-refractivity contribution in [1.82, 2.24) is 0 Å². The first kappa shape index (κ1) is 17.2. The van der Waals surface area contributed by atoms with Crippen LogP contribution in [0.4, 0.5) is 0 Å². The van der Waals surface area contributed by atoms with Crippen LogP contribution in [0.5, 0.6) is 5.75 Å². The topological polar surface area (TPSA) is 43.4 Å². The van der Waals surface area contributed by atoms with Gasteiger partial charge < -0.3 is 4.74 Å². The Kier molecular flexibility index (Phi) is 6.36. The lowest BCUT2D eigenvalue weighted by Crippen LogP contribution is -2.11. The van der Waals surface area contributed by atoms with Crippen molar-refractivity contribution in [3.05, 3.63) is 64.7 Å². The summed E-state index contributed by atoms with van der Waals surface area (Å²) in [6.45, 7) is 0. The van der Waals surface area contributed by atoms with E-state index in [1.54, 1.807) is 19.2 Å². The third-order valence-electron chi connectivity index (χ3n) is 3.56. The number of hydrogen-bond acceptors (Lipinski definition) is 3. The Morgan fingerprint density at radius 2 is 1.52 bits per heavy atom. The minimum absolute atomic E-state index is 0.0151. The Labute approximate surface area is 141 Å². The van der Waals surface area contributed by atoms with Crippen LogP contribution in [0.15, 0.2) is 48.5 Å². The van der Waals surface area contributed by atoms with Crippen molar-refractivity contribution >= 4 is 23.2 Å². The monoisotopic (exact) mass is 330 g/mol. The number of carbonyl (C=O) groups is 2. The Balaban J connectivity index is 1.77. The van der Waals surface area contributed by atoms with E-state index in [0.29, 0.717) is 17.9 Å². The average molecular weight is 331 g/mol. The molecule has 120 valence electrons. The Bertz CT molecular complexity index is 660. The van der Waals surface area contributed by atoms with Crippen molar-refractivity contribution in [3.63, 3.8) is 0 Å². The van der Waals surface area contributed by atoms with Crippen LogP contribution >= 0.6 is 11.6 Å². The molecule has 0 aromatic heterocycles. The second-order valence-corrected chi connectivity index (χ2v) is 5.84. The highest BCUT2D eigenvalue weighted by molar-refractivity contribution is 6.30. The van der Waals surface area contributed by atoms with Crippen LogP contribution in [0.1, 0.15) is 24.0 Å². The van der Waals surface area contributed by atoms with Gasteiger partial charge in [0.1, 0.15) is 17.3 Å². The third-order valence-corrected chi connectivity index (χ3v) is 3.81. The quantitative estimate of drug-likeness (QED) is 0.686. The highest BCUT2D eigenvalue weighted by Crippen LogP contribution is 2.14. The van der Waals surface area contributed by atoms with Crippen molar-refractivity contribution in [2.24, 2.45) is 0 Å². The maximum absolute atomic E-state index is 11.9. The summed E-state index contributed by atoms with van der Waals surface area (Å²) in [5.41, 5.74) is 1.94. The molecule has 0 aliphatic carbocycles. The van der Waals surface area contributed by atoms with E-state index in [1.807, 2.05) is 36.4 Å². The van der Waals surface area contributed by atoms with Gasteiger partial charge >= 0.3 is 0 Å². The maximum Gasteiger partial charge on any atom is 0.144 e. The number of Topliss-reactive ketones (excluding diaryl/α,β-unsaturated/α-hetero) is 2. The fourth-order valence-corrected chi connectivity index (χ4v) is 2.40. The third kappa shape index (κ3) is 5.87. The molecule has 4 heteroatoms. The van der Waals surface area contributed by atoms with E-state index in [0.717, 1.165) is 16.9 Å². The van der Waals surface area contributed by atoms with Crippen LogP contribution < -0.4 is 4.74 Å². The van der Waals surface area contributed by atoms with Crippen molar-refractivity contribution in [1.29, 1.82) is 0 Å². The smallest absolute Gasteiger partial charge is 0.144 e. The predicted molar refractivity (Wildman–Crippen MR) is 91.1 cm³/mol. The summed E-state index contributed by atoms with van der Waals surface area (Å²) in [7, 11) is 1.62. The lowest BCUT2D eigenvalue weighted by Gasteiger charge is -2.04. The summed E-state index contributed by atoms with van der Waals surface area (Å²) in [5.74, 6) is 0.699. The highest BCUT2D eigenvalue weighted by atomic mass is 35.5. The SMILES string of the molecule is COc1ccc(CCC(=O)CC(=O)Cc2ccc(Cl)cc2)cc1. The van der Waals surface area contributed by atoms with Gasteiger partial charge in [-0.15, -0.1) is 0 Å². The van der Waals surface area contributed by atoms with Gasteiger partial charge in [-0.1, -0.05) is 35.9 Å². The summed E-state index contributed by atoms with van der Waals surface area (Å²) >= 11 is 5.80. The molecule has 0 aliphatic heterocycles. The Hall–Kier alpha value is -2.13. The number of aryl methyl sites for hydroxylation is 1. The van der Waals surface area contributed by atoms with Gasteiger partial charge in [-0.05, 0) is 41.8 Å². The molecule has 0 atom stereocenters. The van der Waals surface area contributed by atoms with Gasteiger partial charge in [0.2, 0.25) is 0 Å². The minimum atomic E-state index is -0.0629. The number of halogens is 1. The van der Waals surface area contributed by atoms with Gasteiger partial charge in [0.05, 0.1) is 13.5 Å². The largest absolute Gasteiger partial charge is 0.497 e. The first-order valence-electron chi connectivity index (χ1n) is 7.47. The first-order valence-corrected chi connectivity index (χ1v) is 7.85. The molecule has 0 fully saturated rings. The zero-order chi connectivity index (χ0) is 16.7. The molecule has 0 N–H and O–H groups in total. The number of ether oxygens (including phenoxy) is 1. The summed E-state index contributed by atoms with van der Waals surface area (Å²) in [6.07, 6.45) is 1.26. The standard InChI is InChI=1S/C19H19ClO3/c1-23-19-10-5-14(6-11-19)4-9-17(21)13-18(22)12-15-2-7-16(20)8-3-15/h2-3,5-8,10-11H,4,9,12-13H2,1H3. The molecule has 0 aliphatic rings. The van der Waals surface area contributed by atoms with E-state index in [2.05, 4.69) is 0 Å². The van der Waals surface area contributed by atoms with Gasteiger partial charge in [-0.2, -0.15) is 0 Å². The molecule has 2 aromatic rings. The molecule has 0 unspecified atom stereocenters.